The molecule has 0 aromatic heterocycles. The third-order valence-corrected chi connectivity index (χ3v) is 6.61. The Morgan fingerprint density at radius 2 is 1.50 bits per heavy atom. The van der Waals surface area contributed by atoms with Crippen molar-refractivity contribution >= 4 is 5.97 Å². The van der Waals surface area contributed by atoms with Gasteiger partial charge in [-0.2, -0.15) is 0 Å². The Morgan fingerprint density at radius 1 is 0.882 bits per heavy atom. The molecule has 2 fully saturated rings. The van der Waals surface area contributed by atoms with Crippen LogP contribution in [0.2, 0.25) is 0 Å². The first-order valence-electron chi connectivity index (χ1n) is 12.3. The Bertz CT molecular complexity index is 605. The number of aliphatic hydroxyl groups is 5. The van der Waals surface area contributed by atoms with E-state index in [2.05, 4.69) is 6.92 Å². The molecule has 2 aliphatic heterocycles. The highest BCUT2D eigenvalue weighted by molar-refractivity contribution is 5.67. The zero-order valence-corrected chi connectivity index (χ0v) is 20.2. The monoisotopic (exact) mass is 494 g/mol. The lowest BCUT2D eigenvalue weighted by Gasteiger charge is -2.46. The molecule has 11 nitrogen and oxygen atoms in total. The summed E-state index contributed by atoms with van der Waals surface area (Å²) >= 11 is 0. The van der Waals surface area contributed by atoms with Gasteiger partial charge in [0.1, 0.15) is 24.4 Å². The molecule has 2 aliphatic rings. The summed E-state index contributed by atoms with van der Waals surface area (Å²) in [7, 11) is 0. The van der Waals surface area contributed by atoms with E-state index in [9.17, 15) is 35.4 Å². The van der Waals surface area contributed by atoms with Gasteiger partial charge in [-0.25, -0.2) is 0 Å². The number of hydrogen-bond acceptors (Lipinski definition) is 10. The molecule has 0 aromatic carbocycles. The van der Waals surface area contributed by atoms with Crippen molar-refractivity contribution in [2.24, 2.45) is 5.92 Å². The van der Waals surface area contributed by atoms with Gasteiger partial charge >= 0.3 is 5.97 Å². The summed E-state index contributed by atoms with van der Waals surface area (Å²) in [6, 6.07) is 0. The number of carboxylic acids is 1. The summed E-state index contributed by atoms with van der Waals surface area (Å²) in [6.07, 6.45) is -6.25. The summed E-state index contributed by atoms with van der Waals surface area (Å²) in [4.78, 5) is 11.3. The molecule has 11 atom stereocenters. The molecular formula is C23H42O11. The van der Waals surface area contributed by atoms with Crippen LogP contribution in [-0.4, -0.2) is 105 Å². The van der Waals surface area contributed by atoms with Crippen LogP contribution in [0, 0.1) is 5.92 Å². The molecule has 6 N–H and O–H groups in total. The summed E-state index contributed by atoms with van der Waals surface area (Å²) in [6.45, 7) is 4.64. The number of rotatable bonds is 13. The van der Waals surface area contributed by atoms with E-state index in [1.807, 2.05) is 0 Å². The molecular weight excluding hydrogens is 452 g/mol. The largest absolute Gasteiger partial charge is 0.481 e. The third kappa shape index (κ3) is 7.81. The van der Waals surface area contributed by atoms with Crippen LogP contribution in [0.15, 0.2) is 0 Å². The van der Waals surface area contributed by atoms with Gasteiger partial charge in [0, 0.05) is 0 Å². The predicted octanol–water partition coefficient (Wildman–Crippen LogP) is 0.134. The van der Waals surface area contributed by atoms with Gasteiger partial charge in [-0.15, -0.1) is 0 Å². The van der Waals surface area contributed by atoms with Crippen molar-refractivity contribution in [3.8, 4) is 0 Å². The van der Waals surface area contributed by atoms with Gasteiger partial charge in [0.15, 0.2) is 12.6 Å². The minimum atomic E-state index is -1.50. The third-order valence-electron chi connectivity index (χ3n) is 6.61. The molecule has 2 saturated heterocycles. The molecule has 0 radical (unpaired) electrons. The fourth-order valence-corrected chi connectivity index (χ4v) is 4.42. The van der Waals surface area contributed by atoms with Gasteiger partial charge in [-0.3, -0.25) is 4.79 Å². The molecule has 0 spiro atoms. The number of aliphatic carboxylic acids is 1. The quantitative estimate of drug-likeness (QED) is 0.192. The van der Waals surface area contributed by atoms with E-state index in [1.54, 1.807) is 6.92 Å². The number of carboxylic acid groups (broad SMARTS) is 1. The minimum absolute atomic E-state index is 0.261. The SMILES string of the molecule is CCCCCCCC(CC(=O)O)OC1OC(C)C(O)C(OC2OC(C)C(O)C(O)C2CO)[C@@H]1O. The van der Waals surface area contributed by atoms with Crippen molar-refractivity contribution in [3.63, 3.8) is 0 Å². The van der Waals surface area contributed by atoms with E-state index < -0.39 is 79.9 Å². The predicted molar refractivity (Wildman–Crippen MR) is 119 cm³/mol. The highest BCUT2D eigenvalue weighted by Crippen LogP contribution is 2.32. The summed E-state index contributed by atoms with van der Waals surface area (Å²) in [5.41, 5.74) is 0. The van der Waals surface area contributed by atoms with E-state index in [4.69, 9.17) is 18.9 Å². The molecule has 0 saturated carbocycles. The van der Waals surface area contributed by atoms with E-state index in [-0.39, 0.29) is 6.42 Å². The van der Waals surface area contributed by atoms with Crippen molar-refractivity contribution in [3.05, 3.63) is 0 Å². The Hall–Kier alpha value is -0.890. The number of ether oxygens (including phenoxy) is 4. The van der Waals surface area contributed by atoms with Gasteiger partial charge < -0.3 is 49.6 Å². The number of unbranched alkanes of at least 4 members (excludes halogenated alkanes) is 4. The molecule has 200 valence electrons. The van der Waals surface area contributed by atoms with Crippen LogP contribution in [0.4, 0.5) is 0 Å². The van der Waals surface area contributed by atoms with Gasteiger partial charge in [-0.1, -0.05) is 39.0 Å². The first-order valence-corrected chi connectivity index (χ1v) is 12.3. The highest BCUT2D eigenvalue weighted by atomic mass is 16.7. The average molecular weight is 495 g/mol. The Morgan fingerprint density at radius 3 is 2.12 bits per heavy atom. The second-order valence-corrected chi connectivity index (χ2v) is 9.39. The van der Waals surface area contributed by atoms with Gasteiger partial charge in [0.25, 0.3) is 0 Å². The Kier molecular flexibility index (Phi) is 12.1. The van der Waals surface area contributed by atoms with Crippen LogP contribution in [0.1, 0.15) is 65.7 Å². The lowest BCUT2D eigenvalue weighted by Crippen LogP contribution is -2.62. The molecule has 0 aromatic rings. The van der Waals surface area contributed by atoms with Gasteiger partial charge in [0.2, 0.25) is 0 Å². The molecule has 11 heteroatoms. The maximum Gasteiger partial charge on any atom is 0.305 e. The van der Waals surface area contributed by atoms with E-state index in [0.717, 1.165) is 32.1 Å². The molecule has 0 bridgehead atoms. The summed E-state index contributed by atoms with van der Waals surface area (Å²) in [5.74, 6) is -2.04. The molecule has 2 heterocycles. The average Bonchev–Trinajstić information content (AvgIpc) is 2.78. The molecule has 34 heavy (non-hydrogen) atoms. The second-order valence-electron chi connectivity index (χ2n) is 9.39. The van der Waals surface area contributed by atoms with Crippen molar-refractivity contribution in [2.75, 3.05) is 6.61 Å². The lowest BCUT2D eigenvalue weighted by molar-refractivity contribution is -0.354. The molecule has 0 aliphatic carbocycles. The van der Waals surface area contributed by atoms with Crippen molar-refractivity contribution in [2.45, 2.75) is 127 Å². The number of hydrogen-bond donors (Lipinski definition) is 6. The maximum atomic E-state index is 11.3. The lowest BCUT2D eigenvalue weighted by atomic mass is 9.91. The summed E-state index contributed by atoms with van der Waals surface area (Å²) in [5, 5.41) is 60.8. The van der Waals surface area contributed by atoms with Crippen LogP contribution in [0.5, 0.6) is 0 Å². The molecule has 2 rings (SSSR count). The van der Waals surface area contributed by atoms with E-state index >= 15 is 0 Å². The molecule has 10 unspecified atom stereocenters. The normalized spacial score (nSPS) is 39.6. The summed E-state index contributed by atoms with van der Waals surface area (Å²) < 4.78 is 22.9. The minimum Gasteiger partial charge on any atom is -0.481 e. The van der Waals surface area contributed by atoms with E-state index in [0.29, 0.717) is 6.42 Å². The fourth-order valence-electron chi connectivity index (χ4n) is 4.42. The zero-order valence-electron chi connectivity index (χ0n) is 20.2. The fraction of sp³-hybridized carbons (Fsp3) is 0.957. The van der Waals surface area contributed by atoms with Crippen LogP contribution >= 0.6 is 0 Å². The van der Waals surface area contributed by atoms with Crippen molar-refractivity contribution < 1.29 is 54.4 Å². The maximum absolute atomic E-state index is 11.3. The van der Waals surface area contributed by atoms with Gasteiger partial charge in [0.05, 0.1) is 43.4 Å². The van der Waals surface area contributed by atoms with Crippen LogP contribution in [-0.2, 0) is 23.7 Å². The standard InChI is InChI=1S/C23H42O11/c1-4-5-6-7-8-9-14(10-16(25)26)33-23-20(30)21(18(28)13(3)32-23)34-22-15(11-24)19(29)17(27)12(2)31-22/h12-15,17-24,27-30H,4-11H2,1-3H3,(H,25,26)/t12?,13?,14?,15?,17?,18?,19?,20-,21?,22?,23?/m0/s1. The highest BCUT2D eigenvalue weighted by Gasteiger charge is 2.50. The molecule has 0 amide bonds. The topological polar surface area (TPSA) is 175 Å². The number of carbonyl (C=O) groups is 1. The smallest absolute Gasteiger partial charge is 0.305 e. The van der Waals surface area contributed by atoms with Crippen LogP contribution < -0.4 is 0 Å². The zero-order chi connectivity index (χ0) is 25.4. The van der Waals surface area contributed by atoms with Crippen LogP contribution in [0.3, 0.4) is 0 Å². The van der Waals surface area contributed by atoms with Crippen molar-refractivity contribution in [1.29, 1.82) is 0 Å². The van der Waals surface area contributed by atoms with Crippen LogP contribution in [0.25, 0.3) is 0 Å². The first-order chi connectivity index (χ1) is 16.1. The second kappa shape index (κ2) is 14.0. The number of aliphatic hydroxyl groups excluding tert-OH is 5. The first kappa shape index (κ1) is 29.3. The Balaban J connectivity index is 2.07. The van der Waals surface area contributed by atoms with Gasteiger partial charge in [-0.05, 0) is 20.3 Å². The Labute approximate surface area is 200 Å². The van der Waals surface area contributed by atoms with E-state index in [1.165, 1.54) is 6.92 Å². The van der Waals surface area contributed by atoms with Crippen molar-refractivity contribution in [1.82, 2.24) is 0 Å².